The summed E-state index contributed by atoms with van der Waals surface area (Å²) in [6.45, 7) is 24.3. The van der Waals surface area contributed by atoms with Crippen LogP contribution in [0.25, 0.3) is 0 Å². The van der Waals surface area contributed by atoms with Crippen molar-refractivity contribution in [3.63, 3.8) is 0 Å². The lowest BCUT2D eigenvalue weighted by Gasteiger charge is -2.64. The second kappa shape index (κ2) is 6.06. The van der Waals surface area contributed by atoms with Crippen LogP contribution in [-0.4, -0.2) is 38.5 Å². The van der Waals surface area contributed by atoms with Crippen molar-refractivity contribution < 1.29 is 0 Å². The molecule has 5 heteroatoms. The smallest absolute Gasteiger partial charge is 0.0614 e. The minimum Gasteiger partial charge on any atom is -0.375 e. The van der Waals surface area contributed by atoms with E-state index in [1.54, 1.807) is 11.0 Å². The van der Waals surface area contributed by atoms with Crippen LogP contribution in [-0.2, 0) is 0 Å². The van der Waals surface area contributed by atoms with Gasteiger partial charge in [-0.05, 0) is 25.6 Å². The van der Waals surface area contributed by atoms with Gasteiger partial charge >= 0.3 is 0 Å². The molecular weight excluding hydrogens is 317 g/mol. The van der Waals surface area contributed by atoms with Gasteiger partial charge in [0.15, 0.2) is 0 Å². The molecule has 1 nitrogen and oxygen atoms in total. The summed E-state index contributed by atoms with van der Waals surface area (Å²) in [5, 5.41) is 1.59. The van der Waals surface area contributed by atoms with Gasteiger partial charge in [0.25, 0.3) is 0 Å². The second-order valence-electron chi connectivity index (χ2n) is 7.81. The lowest BCUT2D eigenvalue weighted by Crippen LogP contribution is -2.71. The zero-order valence-corrected chi connectivity index (χ0v) is 18.5. The van der Waals surface area contributed by atoms with Crippen LogP contribution in [0.15, 0.2) is 11.0 Å². The molecule has 1 rings (SSSR count). The molecule has 1 aliphatic heterocycles. The van der Waals surface area contributed by atoms with Crippen LogP contribution in [0.4, 0.5) is 0 Å². The van der Waals surface area contributed by atoms with E-state index in [1.165, 1.54) is 0 Å². The van der Waals surface area contributed by atoms with E-state index in [0.717, 1.165) is 19.5 Å². The SMILES string of the molecule is CCC1=C(N(CC)CC)C([Si](C)(C)C)([Si](C)(C)C)P1Cl. The molecule has 0 aromatic carbocycles. The van der Waals surface area contributed by atoms with Crippen molar-refractivity contribution in [1.29, 1.82) is 0 Å². The van der Waals surface area contributed by atoms with Gasteiger partial charge in [0.05, 0.1) is 16.1 Å². The van der Waals surface area contributed by atoms with Crippen molar-refractivity contribution in [2.45, 2.75) is 70.9 Å². The molecule has 0 fully saturated rings. The van der Waals surface area contributed by atoms with Crippen molar-refractivity contribution in [1.82, 2.24) is 4.90 Å². The van der Waals surface area contributed by atoms with E-state index in [9.17, 15) is 0 Å². The van der Waals surface area contributed by atoms with Crippen molar-refractivity contribution in [3.05, 3.63) is 11.0 Å². The second-order valence-corrected chi connectivity index (χ2v) is 22.4. The zero-order chi connectivity index (χ0) is 15.9. The van der Waals surface area contributed by atoms with E-state index in [2.05, 4.69) is 65.0 Å². The molecule has 0 aromatic rings. The topological polar surface area (TPSA) is 3.24 Å². The summed E-state index contributed by atoms with van der Waals surface area (Å²) >= 11 is 7.11. The monoisotopic (exact) mass is 349 g/mol. The summed E-state index contributed by atoms with van der Waals surface area (Å²) in [6.07, 6.45) is 1.14. The molecule has 0 amide bonds. The minimum atomic E-state index is -1.38. The third-order valence-electron chi connectivity index (χ3n) is 4.73. The first-order valence-electron chi connectivity index (χ1n) is 7.95. The van der Waals surface area contributed by atoms with E-state index < -0.39 is 23.4 Å². The van der Waals surface area contributed by atoms with Crippen molar-refractivity contribution >= 4 is 34.7 Å². The normalized spacial score (nSPS) is 22.8. The molecule has 0 radical (unpaired) electrons. The molecule has 1 aliphatic rings. The molecule has 0 saturated carbocycles. The number of nitrogens with zero attached hydrogens (tertiary/aromatic N) is 1. The van der Waals surface area contributed by atoms with E-state index in [1.807, 2.05) is 0 Å². The molecule has 1 heterocycles. The van der Waals surface area contributed by atoms with Crippen LogP contribution in [0.1, 0.15) is 27.2 Å². The number of halogens is 1. The van der Waals surface area contributed by atoms with E-state index >= 15 is 0 Å². The van der Waals surface area contributed by atoms with Gasteiger partial charge < -0.3 is 4.90 Å². The molecule has 118 valence electrons. The summed E-state index contributed by atoms with van der Waals surface area (Å²) in [4.78, 5) is 2.62. The highest BCUT2D eigenvalue weighted by atomic mass is 35.7. The summed E-state index contributed by atoms with van der Waals surface area (Å²) < 4.78 is 0.383. The number of allylic oxidation sites excluding steroid dienone is 2. The fourth-order valence-corrected chi connectivity index (χ4v) is 27.9. The Labute approximate surface area is 134 Å². The molecule has 1 atom stereocenters. The van der Waals surface area contributed by atoms with Gasteiger partial charge in [0, 0.05) is 30.5 Å². The molecule has 0 spiro atoms. The number of hydrogen-bond acceptors (Lipinski definition) is 1. The quantitative estimate of drug-likeness (QED) is 0.414. The molecule has 0 aliphatic carbocycles. The van der Waals surface area contributed by atoms with E-state index in [-0.39, 0.29) is 0 Å². The maximum absolute atomic E-state index is 7.11. The van der Waals surface area contributed by atoms with Crippen LogP contribution in [0.2, 0.25) is 39.3 Å². The maximum Gasteiger partial charge on any atom is 0.0614 e. The van der Waals surface area contributed by atoms with Crippen molar-refractivity contribution in [2.75, 3.05) is 13.1 Å². The summed E-state index contributed by atoms with van der Waals surface area (Å²) in [7, 11) is -3.21. The highest BCUT2D eigenvalue weighted by Crippen LogP contribution is 2.79. The molecule has 20 heavy (non-hydrogen) atoms. The van der Waals surface area contributed by atoms with Crippen molar-refractivity contribution in [3.8, 4) is 0 Å². The molecule has 0 aromatic heterocycles. The number of hydrogen-bond donors (Lipinski definition) is 0. The Kier molecular flexibility index (Phi) is 5.68. The molecule has 0 saturated heterocycles. The third kappa shape index (κ3) is 2.47. The van der Waals surface area contributed by atoms with Gasteiger partial charge in [-0.2, -0.15) is 0 Å². The summed E-state index contributed by atoms with van der Waals surface area (Å²) in [5.41, 5.74) is 1.68. The Morgan fingerprint density at radius 3 is 1.60 bits per heavy atom. The Balaban J connectivity index is 3.58. The number of rotatable bonds is 6. The largest absolute Gasteiger partial charge is 0.375 e. The average molecular weight is 350 g/mol. The first kappa shape index (κ1) is 18.7. The van der Waals surface area contributed by atoms with Crippen LogP contribution in [0, 0.1) is 0 Å². The van der Waals surface area contributed by atoms with E-state index in [0.29, 0.717) is 4.40 Å². The predicted octanol–water partition coefficient (Wildman–Crippen LogP) is 6.09. The third-order valence-corrected chi connectivity index (χ3v) is 23.4. The minimum absolute atomic E-state index is 0.383. The highest BCUT2D eigenvalue weighted by Gasteiger charge is 2.66. The molecule has 0 bridgehead atoms. The lowest BCUT2D eigenvalue weighted by atomic mass is 10.3. The van der Waals surface area contributed by atoms with E-state index in [4.69, 9.17) is 11.2 Å². The summed E-state index contributed by atoms with van der Waals surface area (Å²) in [5.74, 6) is 0. The first-order valence-corrected chi connectivity index (χ1v) is 17.2. The van der Waals surface area contributed by atoms with Crippen LogP contribution in [0.5, 0.6) is 0 Å². The lowest BCUT2D eigenvalue weighted by molar-refractivity contribution is 0.365. The van der Waals surface area contributed by atoms with Gasteiger partial charge in [0.1, 0.15) is 0 Å². The van der Waals surface area contributed by atoms with Crippen molar-refractivity contribution in [2.24, 2.45) is 0 Å². The molecule has 1 unspecified atom stereocenters. The average Bonchev–Trinajstić information content (AvgIpc) is 2.26. The highest BCUT2D eigenvalue weighted by molar-refractivity contribution is 7.94. The van der Waals surface area contributed by atoms with Gasteiger partial charge in [0.2, 0.25) is 0 Å². The van der Waals surface area contributed by atoms with Gasteiger partial charge in [-0.1, -0.05) is 57.4 Å². The van der Waals surface area contributed by atoms with Crippen LogP contribution >= 0.6 is 18.5 Å². The Morgan fingerprint density at radius 1 is 0.950 bits per heavy atom. The summed E-state index contributed by atoms with van der Waals surface area (Å²) in [6, 6.07) is 0. The first-order chi connectivity index (χ1) is 9.00. The maximum atomic E-state index is 7.11. The Morgan fingerprint density at radius 2 is 1.35 bits per heavy atom. The Bertz CT molecular complexity index is 378. The Hall–Kier alpha value is 0.694. The molecule has 0 N–H and O–H groups in total. The van der Waals surface area contributed by atoms with Crippen LogP contribution < -0.4 is 0 Å². The fraction of sp³-hybridized carbons (Fsp3) is 0.867. The standard InChI is InChI=1S/C15H33ClNPSi2/c1-10-13-14(17(11-2)12-3)15(18(13)16,19(4,5)6)20(7,8)9/h10-12H2,1-9H3. The van der Waals surface area contributed by atoms with Crippen LogP contribution in [0.3, 0.4) is 0 Å². The molecular formula is C15H33ClNPSi2. The fourth-order valence-electron chi connectivity index (χ4n) is 4.23. The van der Waals surface area contributed by atoms with Gasteiger partial charge in [-0.15, -0.1) is 0 Å². The predicted molar refractivity (Wildman–Crippen MR) is 102 cm³/mol. The zero-order valence-electron chi connectivity index (χ0n) is 14.9. The van der Waals surface area contributed by atoms with Gasteiger partial charge in [-0.3, -0.25) is 0 Å². The van der Waals surface area contributed by atoms with Gasteiger partial charge in [-0.25, -0.2) is 0 Å².